The number of carbonyl (C=O) groups is 3. The molecule has 6 N–H and O–H groups in total. The molecule has 242 valence electrons. The predicted molar refractivity (Wildman–Crippen MR) is 177 cm³/mol. The molecule has 0 aromatic heterocycles. The van der Waals surface area contributed by atoms with Crippen LogP contribution in [0.3, 0.4) is 0 Å². The van der Waals surface area contributed by atoms with E-state index in [1.54, 1.807) is 72.8 Å². The van der Waals surface area contributed by atoms with Crippen LogP contribution in [-0.4, -0.2) is 55.5 Å². The normalized spacial score (nSPS) is 20.7. The third-order valence-electron chi connectivity index (χ3n) is 8.04. The van der Waals surface area contributed by atoms with E-state index in [1.807, 2.05) is 0 Å². The second-order valence-electron chi connectivity index (χ2n) is 11.5. The van der Waals surface area contributed by atoms with Crippen molar-refractivity contribution in [2.75, 3.05) is 35.6 Å². The van der Waals surface area contributed by atoms with Crippen molar-refractivity contribution >= 4 is 43.4 Å². The summed E-state index contributed by atoms with van der Waals surface area (Å²) in [6, 6.07) is 20.5. The van der Waals surface area contributed by atoms with Gasteiger partial charge in [-0.25, -0.2) is 0 Å². The van der Waals surface area contributed by atoms with E-state index in [2.05, 4.69) is 31.9 Å². The van der Waals surface area contributed by atoms with E-state index in [0.717, 1.165) is 58.2 Å². The Bertz CT molecular complexity index is 1290. The lowest BCUT2D eigenvalue weighted by Gasteiger charge is -2.19. The van der Waals surface area contributed by atoms with Gasteiger partial charge < -0.3 is 45.5 Å². The van der Waals surface area contributed by atoms with Gasteiger partial charge in [0.1, 0.15) is 17.2 Å². The van der Waals surface area contributed by atoms with E-state index in [1.165, 1.54) is 0 Å². The van der Waals surface area contributed by atoms with Crippen molar-refractivity contribution in [1.82, 2.24) is 16.0 Å². The lowest BCUT2D eigenvalue weighted by Crippen LogP contribution is -2.35. The van der Waals surface area contributed by atoms with Crippen molar-refractivity contribution in [3.05, 3.63) is 72.8 Å². The third-order valence-corrected chi connectivity index (χ3v) is 9.12. The van der Waals surface area contributed by atoms with Crippen molar-refractivity contribution < 1.29 is 28.0 Å². The maximum Gasteiger partial charge on any atom is 0.530 e. The maximum absolute atomic E-state index is 12.5. The standard InChI is InChI=1S/C33H39N6O6P/c40-31(28-4-1-19-34-28)37-22-7-13-25(14-8-22)43-46(44-26-15-9-23(10-16-26)38-32(41)29-5-2-20-35-29)45-27-17-11-24(12-18-27)39-33(42)30-6-3-21-36-30/h7-18,28-30,34-36H,1-6,19-21H2,(H,37,40)(H,38,41)(H,39,42)/t28-,29-,30-/m0/s1. The highest BCUT2D eigenvalue weighted by Gasteiger charge is 2.25. The Morgan fingerprint density at radius 1 is 0.500 bits per heavy atom. The smallest absolute Gasteiger partial charge is 0.409 e. The molecule has 46 heavy (non-hydrogen) atoms. The zero-order chi connectivity index (χ0) is 31.7. The Kier molecular flexibility index (Phi) is 10.6. The quantitative estimate of drug-likeness (QED) is 0.156. The summed E-state index contributed by atoms with van der Waals surface area (Å²) >= 11 is 0. The number of hydrogen-bond acceptors (Lipinski definition) is 9. The van der Waals surface area contributed by atoms with Crippen LogP contribution in [-0.2, 0) is 14.4 Å². The van der Waals surface area contributed by atoms with Gasteiger partial charge in [-0.05, 0) is 131 Å². The van der Waals surface area contributed by atoms with Gasteiger partial charge in [0.05, 0.1) is 18.1 Å². The van der Waals surface area contributed by atoms with Crippen molar-refractivity contribution in [2.45, 2.75) is 56.7 Å². The van der Waals surface area contributed by atoms with Crippen LogP contribution in [0.4, 0.5) is 17.1 Å². The van der Waals surface area contributed by atoms with Crippen molar-refractivity contribution in [1.29, 1.82) is 0 Å². The molecule has 3 aliphatic rings. The summed E-state index contributed by atoms with van der Waals surface area (Å²) < 4.78 is 18.4. The van der Waals surface area contributed by atoms with Crippen LogP contribution in [0.2, 0.25) is 0 Å². The fourth-order valence-corrected chi connectivity index (χ4v) is 6.52. The molecule has 13 heteroatoms. The molecular formula is C33H39N6O6P. The van der Waals surface area contributed by atoms with E-state index < -0.39 is 8.60 Å². The van der Waals surface area contributed by atoms with Crippen LogP contribution in [0.5, 0.6) is 17.2 Å². The van der Waals surface area contributed by atoms with Gasteiger partial charge in [0, 0.05) is 17.1 Å². The molecule has 0 aliphatic carbocycles. The summed E-state index contributed by atoms with van der Waals surface area (Å²) in [6.07, 6.45) is 5.42. The molecule has 3 aromatic carbocycles. The van der Waals surface area contributed by atoms with Crippen LogP contribution in [0, 0.1) is 0 Å². The van der Waals surface area contributed by atoms with Crippen LogP contribution in [0.25, 0.3) is 0 Å². The lowest BCUT2D eigenvalue weighted by molar-refractivity contribution is -0.118. The highest BCUT2D eigenvalue weighted by atomic mass is 31.2. The maximum atomic E-state index is 12.5. The fraction of sp³-hybridized carbons (Fsp3) is 0.364. The number of nitrogens with one attached hydrogen (secondary N) is 6. The van der Waals surface area contributed by atoms with Crippen LogP contribution in [0.1, 0.15) is 38.5 Å². The molecule has 3 saturated heterocycles. The molecule has 0 spiro atoms. The van der Waals surface area contributed by atoms with Gasteiger partial charge in [-0.3, -0.25) is 14.4 Å². The average molecular weight is 647 g/mol. The SMILES string of the molecule is O=C(Nc1ccc(OP(Oc2ccc(NC(=O)[C@@H]3CCCN3)cc2)Oc2ccc(NC(=O)[C@@H]3CCCN3)cc2)cc1)[C@@H]1CCCN1. The molecule has 0 saturated carbocycles. The lowest BCUT2D eigenvalue weighted by atomic mass is 10.2. The van der Waals surface area contributed by atoms with E-state index in [0.29, 0.717) is 34.3 Å². The molecule has 12 nitrogen and oxygen atoms in total. The predicted octanol–water partition coefficient (Wildman–Crippen LogP) is 4.52. The minimum atomic E-state index is -1.98. The number of hydrogen-bond donors (Lipinski definition) is 6. The van der Waals surface area contributed by atoms with Gasteiger partial charge in [-0.15, -0.1) is 0 Å². The first-order chi connectivity index (χ1) is 22.5. The van der Waals surface area contributed by atoms with E-state index in [9.17, 15) is 14.4 Å². The number of rotatable bonds is 12. The van der Waals surface area contributed by atoms with Crippen LogP contribution >= 0.6 is 8.60 Å². The topological polar surface area (TPSA) is 151 Å². The molecule has 3 amide bonds. The molecule has 3 atom stereocenters. The van der Waals surface area contributed by atoms with Gasteiger partial charge in [0.2, 0.25) is 17.7 Å². The Hall–Kier alpha value is -4.22. The first kappa shape index (κ1) is 31.7. The summed E-state index contributed by atoms with van der Waals surface area (Å²) in [5.74, 6) is 1.30. The van der Waals surface area contributed by atoms with Gasteiger partial charge >= 0.3 is 8.60 Å². The monoisotopic (exact) mass is 646 g/mol. The Balaban J connectivity index is 1.10. The molecule has 0 radical (unpaired) electrons. The second-order valence-corrected chi connectivity index (χ2v) is 12.5. The van der Waals surface area contributed by atoms with E-state index in [-0.39, 0.29) is 35.8 Å². The second kappa shape index (κ2) is 15.4. The first-order valence-electron chi connectivity index (χ1n) is 15.8. The van der Waals surface area contributed by atoms with E-state index >= 15 is 0 Å². The van der Waals surface area contributed by atoms with Crippen LogP contribution < -0.4 is 45.5 Å². The molecule has 3 aliphatic heterocycles. The molecular weight excluding hydrogens is 607 g/mol. The summed E-state index contributed by atoms with van der Waals surface area (Å²) in [4.78, 5) is 37.5. The number of benzene rings is 3. The van der Waals surface area contributed by atoms with Gasteiger partial charge in [0.15, 0.2) is 0 Å². The largest absolute Gasteiger partial charge is 0.530 e. The zero-order valence-electron chi connectivity index (χ0n) is 25.4. The van der Waals surface area contributed by atoms with Crippen molar-refractivity contribution in [3.63, 3.8) is 0 Å². The number of amides is 3. The number of anilines is 3. The minimum absolute atomic E-state index is 0.0571. The molecule has 0 unspecified atom stereocenters. The Morgan fingerprint density at radius 3 is 1.02 bits per heavy atom. The molecule has 3 fully saturated rings. The van der Waals surface area contributed by atoms with Crippen molar-refractivity contribution in [2.24, 2.45) is 0 Å². The van der Waals surface area contributed by atoms with Gasteiger partial charge in [-0.1, -0.05) is 0 Å². The fourth-order valence-electron chi connectivity index (χ4n) is 5.52. The highest BCUT2D eigenvalue weighted by molar-refractivity contribution is 7.43. The summed E-state index contributed by atoms with van der Waals surface area (Å²) in [7, 11) is -1.98. The Labute approximate surface area is 269 Å². The molecule has 3 heterocycles. The molecule has 6 rings (SSSR count). The van der Waals surface area contributed by atoms with Gasteiger partial charge in [0.25, 0.3) is 0 Å². The third kappa shape index (κ3) is 8.73. The first-order valence-corrected chi connectivity index (χ1v) is 16.8. The summed E-state index contributed by atoms with van der Waals surface area (Å²) in [5.41, 5.74) is 1.98. The van der Waals surface area contributed by atoms with E-state index in [4.69, 9.17) is 13.6 Å². The number of carbonyl (C=O) groups excluding carboxylic acids is 3. The summed E-state index contributed by atoms with van der Waals surface area (Å²) in [6.45, 7) is 2.54. The summed E-state index contributed by atoms with van der Waals surface area (Å²) in [5, 5.41) is 18.4. The minimum Gasteiger partial charge on any atom is -0.409 e. The Morgan fingerprint density at radius 2 is 0.783 bits per heavy atom. The van der Waals surface area contributed by atoms with Gasteiger partial charge in [-0.2, -0.15) is 0 Å². The average Bonchev–Trinajstić information content (AvgIpc) is 3.88. The highest BCUT2D eigenvalue weighted by Crippen LogP contribution is 2.43. The molecule has 3 aromatic rings. The zero-order valence-corrected chi connectivity index (χ0v) is 26.3. The van der Waals surface area contributed by atoms with Crippen LogP contribution in [0.15, 0.2) is 72.8 Å². The molecule has 0 bridgehead atoms. The van der Waals surface area contributed by atoms with Crippen molar-refractivity contribution in [3.8, 4) is 17.2 Å².